The number of sulfone groups is 1. The monoisotopic (exact) mass is 312 g/mol. The fraction of sp³-hybridized carbons (Fsp3) is 0.533. The minimum Gasteiger partial charge on any atom is -0.481 e. The molecule has 0 saturated carbocycles. The van der Waals surface area contributed by atoms with Crippen molar-refractivity contribution >= 4 is 15.8 Å². The lowest BCUT2D eigenvalue weighted by molar-refractivity contribution is -0.139. The van der Waals surface area contributed by atoms with Gasteiger partial charge in [-0.25, -0.2) is 8.42 Å². The molecule has 1 N–H and O–H groups in total. The molecule has 21 heavy (non-hydrogen) atoms. The van der Waals surface area contributed by atoms with Crippen LogP contribution in [0.5, 0.6) is 0 Å². The molecule has 1 fully saturated rings. The van der Waals surface area contributed by atoms with Crippen LogP contribution in [-0.4, -0.2) is 38.5 Å². The summed E-state index contributed by atoms with van der Waals surface area (Å²) in [6, 6.07) is 4.74. The second-order valence-electron chi connectivity index (χ2n) is 5.56. The number of hydrogen-bond donors (Lipinski definition) is 1. The molecule has 1 saturated heterocycles. The molecule has 2 atom stereocenters. The zero-order valence-corrected chi connectivity index (χ0v) is 13.0. The zero-order valence-electron chi connectivity index (χ0n) is 12.2. The predicted molar refractivity (Wildman–Crippen MR) is 78.3 cm³/mol. The number of hydrogen-bond acceptors (Lipinski definition) is 4. The Morgan fingerprint density at radius 1 is 1.48 bits per heavy atom. The molecular formula is C15H20O5S. The minimum absolute atomic E-state index is 0.0269. The second kappa shape index (κ2) is 6.15. The Morgan fingerprint density at radius 2 is 2.19 bits per heavy atom. The molecule has 1 aliphatic rings. The van der Waals surface area contributed by atoms with Crippen LogP contribution in [0.3, 0.4) is 0 Å². The number of carbonyl (C=O) groups is 1. The Labute approximate surface area is 124 Å². The van der Waals surface area contributed by atoms with Crippen molar-refractivity contribution in [2.45, 2.75) is 43.1 Å². The van der Waals surface area contributed by atoms with Crippen molar-refractivity contribution in [2.75, 3.05) is 12.9 Å². The standard InChI is InChI=1S/C15H20O5S/c1-10-8-11(5-6-14(10)21(2,18)19)13(15(16)17)9-12-4-3-7-20-12/h5-6,8,12-13H,3-4,7,9H2,1-2H3,(H,16,17)/t12?,13-/m1/s1. The molecule has 0 amide bonds. The summed E-state index contributed by atoms with van der Waals surface area (Å²) in [7, 11) is -3.29. The molecular weight excluding hydrogens is 292 g/mol. The number of aryl methyl sites for hydroxylation is 1. The van der Waals surface area contributed by atoms with Crippen LogP contribution in [0, 0.1) is 6.92 Å². The van der Waals surface area contributed by atoms with Gasteiger partial charge in [0.1, 0.15) is 0 Å². The summed E-state index contributed by atoms with van der Waals surface area (Å²) in [4.78, 5) is 11.8. The summed E-state index contributed by atoms with van der Waals surface area (Å²) in [6.07, 6.45) is 3.39. The van der Waals surface area contributed by atoms with Gasteiger partial charge < -0.3 is 9.84 Å². The Morgan fingerprint density at radius 3 is 2.67 bits per heavy atom. The topological polar surface area (TPSA) is 80.7 Å². The molecule has 5 nitrogen and oxygen atoms in total. The number of carboxylic acids is 1. The molecule has 1 unspecified atom stereocenters. The molecule has 1 heterocycles. The maximum Gasteiger partial charge on any atom is 0.311 e. The van der Waals surface area contributed by atoms with Gasteiger partial charge in [-0.3, -0.25) is 4.79 Å². The Kier molecular flexibility index (Phi) is 4.68. The van der Waals surface area contributed by atoms with Crippen LogP contribution in [0.1, 0.15) is 36.3 Å². The van der Waals surface area contributed by atoms with E-state index >= 15 is 0 Å². The molecule has 1 aliphatic heterocycles. The lowest BCUT2D eigenvalue weighted by atomic mass is 9.91. The van der Waals surface area contributed by atoms with Crippen molar-refractivity contribution in [2.24, 2.45) is 0 Å². The van der Waals surface area contributed by atoms with Crippen molar-refractivity contribution in [3.05, 3.63) is 29.3 Å². The predicted octanol–water partition coefficient (Wildman–Crippen LogP) is 2.14. The minimum atomic E-state index is -3.29. The first-order valence-corrected chi connectivity index (χ1v) is 8.83. The highest BCUT2D eigenvalue weighted by atomic mass is 32.2. The molecule has 1 aromatic rings. The number of aliphatic carboxylic acids is 1. The van der Waals surface area contributed by atoms with Crippen molar-refractivity contribution in [3.63, 3.8) is 0 Å². The molecule has 1 aromatic carbocycles. The second-order valence-corrected chi connectivity index (χ2v) is 7.54. The number of benzene rings is 1. The van der Waals surface area contributed by atoms with Crippen molar-refractivity contribution < 1.29 is 23.1 Å². The van der Waals surface area contributed by atoms with Crippen molar-refractivity contribution in [3.8, 4) is 0 Å². The largest absolute Gasteiger partial charge is 0.481 e. The molecule has 0 bridgehead atoms. The van der Waals surface area contributed by atoms with Crippen LogP contribution in [0.15, 0.2) is 23.1 Å². The normalized spacial score (nSPS) is 20.4. The lowest BCUT2D eigenvalue weighted by Crippen LogP contribution is -2.19. The van der Waals surface area contributed by atoms with Gasteiger partial charge in [0.25, 0.3) is 0 Å². The summed E-state index contributed by atoms with van der Waals surface area (Å²) in [5.41, 5.74) is 1.21. The van der Waals surface area contributed by atoms with E-state index in [0.717, 1.165) is 19.1 Å². The lowest BCUT2D eigenvalue weighted by Gasteiger charge is -2.18. The molecule has 0 radical (unpaired) electrons. The van der Waals surface area contributed by atoms with E-state index in [1.165, 1.54) is 6.07 Å². The SMILES string of the molecule is Cc1cc([C@@H](CC2CCCO2)C(=O)O)ccc1S(C)(=O)=O. The van der Waals surface area contributed by atoms with E-state index in [2.05, 4.69) is 0 Å². The van der Waals surface area contributed by atoms with Gasteiger partial charge in [0.15, 0.2) is 9.84 Å². The van der Waals surface area contributed by atoms with E-state index in [9.17, 15) is 18.3 Å². The average Bonchev–Trinajstić information content (AvgIpc) is 2.86. The number of carboxylic acid groups (broad SMARTS) is 1. The summed E-state index contributed by atoms with van der Waals surface area (Å²) in [5, 5.41) is 9.43. The van der Waals surface area contributed by atoms with E-state index in [4.69, 9.17) is 4.74 Å². The fourth-order valence-corrected chi connectivity index (χ4v) is 3.74. The van der Waals surface area contributed by atoms with Crippen LogP contribution in [0.25, 0.3) is 0 Å². The number of ether oxygens (including phenoxy) is 1. The van der Waals surface area contributed by atoms with Crippen LogP contribution in [-0.2, 0) is 19.4 Å². The van der Waals surface area contributed by atoms with Crippen LogP contribution >= 0.6 is 0 Å². The van der Waals surface area contributed by atoms with Gasteiger partial charge in [-0.1, -0.05) is 12.1 Å². The third kappa shape index (κ3) is 3.83. The third-order valence-corrected chi connectivity index (χ3v) is 5.08. The molecule has 2 rings (SSSR count). The smallest absolute Gasteiger partial charge is 0.311 e. The third-order valence-electron chi connectivity index (χ3n) is 3.82. The van der Waals surface area contributed by atoms with Crippen molar-refractivity contribution in [1.82, 2.24) is 0 Å². The van der Waals surface area contributed by atoms with Gasteiger partial charge in [-0.15, -0.1) is 0 Å². The first kappa shape index (κ1) is 16.0. The number of rotatable bonds is 5. The highest BCUT2D eigenvalue weighted by molar-refractivity contribution is 7.90. The van der Waals surface area contributed by atoms with Gasteiger partial charge in [0, 0.05) is 12.9 Å². The van der Waals surface area contributed by atoms with Gasteiger partial charge in [-0.2, -0.15) is 0 Å². The maximum absolute atomic E-state index is 11.6. The van der Waals surface area contributed by atoms with Crippen LogP contribution in [0.2, 0.25) is 0 Å². The van der Waals surface area contributed by atoms with Crippen LogP contribution < -0.4 is 0 Å². The van der Waals surface area contributed by atoms with Crippen LogP contribution in [0.4, 0.5) is 0 Å². The molecule has 0 aromatic heterocycles. The van der Waals surface area contributed by atoms with Crippen molar-refractivity contribution in [1.29, 1.82) is 0 Å². The highest BCUT2D eigenvalue weighted by Crippen LogP contribution is 2.29. The molecule has 6 heteroatoms. The Bertz CT molecular complexity index is 629. The Hall–Kier alpha value is -1.40. The highest BCUT2D eigenvalue weighted by Gasteiger charge is 2.27. The summed E-state index contributed by atoms with van der Waals surface area (Å²) < 4.78 is 28.7. The molecule has 0 aliphatic carbocycles. The Balaban J connectivity index is 2.28. The van der Waals surface area contributed by atoms with Gasteiger partial charge in [0.2, 0.25) is 0 Å². The van der Waals surface area contributed by atoms with E-state index in [1.54, 1.807) is 19.1 Å². The average molecular weight is 312 g/mol. The quantitative estimate of drug-likeness (QED) is 0.901. The van der Waals surface area contributed by atoms with E-state index in [-0.39, 0.29) is 11.0 Å². The summed E-state index contributed by atoms with van der Waals surface area (Å²) >= 11 is 0. The first-order valence-electron chi connectivity index (χ1n) is 6.94. The van der Waals surface area contributed by atoms with Gasteiger partial charge >= 0.3 is 5.97 Å². The summed E-state index contributed by atoms with van der Waals surface area (Å²) in [6.45, 7) is 2.37. The molecule has 0 spiro atoms. The maximum atomic E-state index is 11.6. The fourth-order valence-electron chi connectivity index (χ4n) is 2.78. The van der Waals surface area contributed by atoms with E-state index in [0.29, 0.717) is 24.2 Å². The van der Waals surface area contributed by atoms with E-state index in [1.807, 2.05) is 0 Å². The van der Waals surface area contributed by atoms with Gasteiger partial charge in [-0.05, 0) is 43.4 Å². The first-order chi connectivity index (χ1) is 9.79. The van der Waals surface area contributed by atoms with Gasteiger partial charge in [0.05, 0.1) is 16.9 Å². The van der Waals surface area contributed by atoms with E-state index < -0.39 is 21.7 Å². The zero-order chi connectivity index (χ0) is 15.6. The molecule has 116 valence electrons. The summed E-state index contributed by atoms with van der Waals surface area (Å²) in [5.74, 6) is -1.57.